The average molecular weight is 621 g/mol. The summed E-state index contributed by atoms with van der Waals surface area (Å²) >= 11 is 0. The zero-order chi connectivity index (χ0) is 32.4. The Labute approximate surface area is 266 Å². The zero-order valence-electron chi connectivity index (χ0n) is 27.7. The largest absolute Gasteiger partial charge is 0.461 e. The van der Waals surface area contributed by atoms with Crippen LogP contribution >= 0.6 is 0 Å². The highest BCUT2D eigenvalue weighted by Gasteiger charge is 2.46. The van der Waals surface area contributed by atoms with Gasteiger partial charge in [0.05, 0.1) is 18.0 Å². The number of guanidine groups is 1. The lowest BCUT2D eigenvalue weighted by molar-refractivity contribution is -0.140. The van der Waals surface area contributed by atoms with Crippen molar-refractivity contribution in [2.24, 2.45) is 10.4 Å². The number of amides is 1. The van der Waals surface area contributed by atoms with Crippen molar-refractivity contribution in [1.82, 2.24) is 26.0 Å². The van der Waals surface area contributed by atoms with Crippen molar-refractivity contribution in [2.75, 3.05) is 63.1 Å². The van der Waals surface area contributed by atoms with Crippen LogP contribution in [0.4, 0.5) is 16.2 Å². The molecule has 4 aliphatic rings. The molecule has 1 aromatic carbocycles. The van der Waals surface area contributed by atoms with Crippen LogP contribution in [0.25, 0.3) is 0 Å². The van der Waals surface area contributed by atoms with Crippen LogP contribution in [0.1, 0.15) is 54.4 Å². The van der Waals surface area contributed by atoms with Gasteiger partial charge in [-0.05, 0) is 82.8 Å². The van der Waals surface area contributed by atoms with Gasteiger partial charge in [-0.1, -0.05) is 13.8 Å². The number of fused-ring (bicyclic) bond motifs is 2. The van der Waals surface area contributed by atoms with Crippen molar-refractivity contribution in [2.45, 2.75) is 60.0 Å². The lowest BCUT2D eigenvalue weighted by Gasteiger charge is -2.36. The minimum atomic E-state index is -0.569. The average Bonchev–Trinajstić information content (AvgIpc) is 3.37. The van der Waals surface area contributed by atoms with E-state index < -0.39 is 11.7 Å². The summed E-state index contributed by atoms with van der Waals surface area (Å²) in [6.07, 6.45) is 2.72. The smallest absolute Gasteiger partial charge is 0.407 e. The van der Waals surface area contributed by atoms with Crippen LogP contribution in [0.15, 0.2) is 63.7 Å². The van der Waals surface area contributed by atoms with E-state index in [0.29, 0.717) is 37.6 Å². The first kappa shape index (κ1) is 32.2. The van der Waals surface area contributed by atoms with Gasteiger partial charge in [-0.15, -0.1) is 0 Å². The number of piperazine rings is 1. The number of hydrogen-bond acceptors (Lipinski definition) is 11. The number of carbonyl (C=O) groups is 2. The third-order valence-corrected chi connectivity index (χ3v) is 8.17. The number of anilines is 2. The van der Waals surface area contributed by atoms with Gasteiger partial charge < -0.3 is 35.2 Å². The number of hydrogen-bond donors (Lipinski definition) is 4. The van der Waals surface area contributed by atoms with E-state index in [1.54, 1.807) is 0 Å². The topological polar surface area (TPSA) is 123 Å². The maximum absolute atomic E-state index is 13.4. The molecule has 5 rings (SSSR count). The number of alkyl carbamates (subject to hydrolysis) is 1. The third-order valence-electron chi connectivity index (χ3n) is 8.17. The number of allylic oxidation sites excluding steroid dienone is 2. The lowest BCUT2D eigenvalue weighted by Crippen LogP contribution is -2.44. The van der Waals surface area contributed by atoms with E-state index in [2.05, 4.69) is 76.3 Å². The summed E-state index contributed by atoms with van der Waals surface area (Å²) in [7, 11) is 2.16. The van der Waals surface area contributed by atoms with Gasteiger partial charge in [-0.2, -0.15) is 0 Å². The number of benzene rings is 1. The van der Waals surface area contributed by atoms with Crippen molar-refractivity contribution in [3.8, 4) is 0 Å². The zero-order valence-corrected chi connectivity index (χ0v) is 27.7. The summed E-state index contributed by atoms with van der Waals surface area (Å²) in [6, 6.07) is 8.43. The van der Waals surface area contributed by atoms with Gasteiger partial charge in [0.25, 0.3) is 0 Å². The van der Waals surface area contributed by atoms with Crippen LogP contribution in [-0.4, -0.2) is 86.5 Å². The number of likely N-dealkylation sites (N-methyl/N-ethyl adjacent to an activating group) is 1. The Morgan fingerprint density at radius 2 is 1.78 bits per heavy atom. The SMILES string of the molecule is CCOC(=O)C1=C2C(=C3NC(Nc4ccc(N5CCN(C)CC5)cc4)=NC=C3CC2(C)C)NN1CCCNC(=O)OC(C)(C)C. The number of ether oxygens (including phenoxy) is 2. The normalized spacial score (nSPS) is 19.5. The second-order valence-corrected chi connectivity index (χ2v) is 13.5. The Hall–Kier alpha value is -4.19. The van der Waals surface area contributed by atoms with Crippen molar-refractivity contribution < 1.29 is 19.1 Å². The number of carbonyl (C=O) groups excluding carboxylic acids is 2. The van der Waals surface area contributed by atoms with Crippen LogP contribution in [-0.2, 0) is 14.3 Å². The Balaban J connectivity index is 1.32. The molecule has 0 aromatic heterocycles. The van der Waals surface area contributed by atoms with Gasteiger partial charge in [-0.3, -0.25) is 10.4 Å². The molecule has 0 radical (unpaired) electrons. The van der Waals surface area contributed by atoms with Gasteiger partial charge in [-0.25, -0.2) is 14.6 Å². The van der Waals surface area contributed by atoms with Gasteiger partial charge >= 0.3 is 12.1 Å². The Morgan fingerprint density at radius 3 is 2.44 bits per heavy atom. The van der Waals surface area contributed by atoms with Crippen LogP contribution < -0.4 is 26.3 Å². The molecule has 3 heterocycles. The maximum atomic E-state index is 13.4. The minimum Gasteiger partial charge on any atom is -0.461 e. The third kappa shape index (κ3) is 7.55. The molecule has 1 fully saturated rings. The molecule has 1 aliphatic carbocycles. The second-order valence-electron chi connectivity index (χ2n) is 13.5. The highest BCUT2D eigenvalue weighted by atomic mass is 16.6. The number of aliphatic imine (C=N–C) groups is 1. The molecule has 0 unspecified atom stereocenters. The van der Waals surface area contributed by atoms with E-state index in [0.717, 1.165) is 54.4 Å². The molecule has 12 nitrogen and oxygen atoms in total. The lowest BCUT2D eigenvalue weighted by atomic mass is 9.71. The molecule has 0 saturated carbocycles. The van der Waals surface area contributed by atoms with Crippen molar-refractivity contribution >= 4 is 29.4 Å². The highest BCUT2D eigenvalue weighted by Crippen LogP contribution is 2.49. The first-order chi connectivity index (χ1) is 21.3. The standard InChI is InChI=1S/C33H48N8O4/c1-8-44-29(42)28-25-27(38-41(28)15-9-14-34-31(43)45-32(2,3)4)26-22(20-33(25,5)6)21-35-30(37-26)36-23-10-12-24(13-11-23)40-18-16-39(7)17-19-40/h10-13,21,38H,8-9,14-20H2,1-7H3,(H,34,43)(H2,35,36,37). The quantitative estimate of drug-likeness (QED) is 0.252. The van der Waals surface area contributed by atoms with E-state index in [1.807, 2.05) is 38.9 Å². The predicted molar refractivity (Wildman–Crippen MR) is 176 cm³/mol. The Morgan fingerprint density at radius 1 is 1.07 bits per heavy atom. The molecule has 4 N–H and O–H groups in total. The molecule has 0 bridgehead atoms. The molecule has 45 heavy (non-hydrogen) atoms. The summed E-state index contributed by atoms with van der Waals surface area (Å²) in [5.41, 5.74) is 8.88. The number of hydrazine groups is 1. The van der Waals surface area contributed by atoms with Crippen molar-refractivity contribution in [3.63, 3.8) is 0 Å². The van der Waals surface area contributed by atoms with Crippen LogP contribution in [0.2, 0.25) is 0 Å². The van der Waals surface area contributed by atoms with E-state index in [1.165, 1.54) is 5.69 Å². The summed E-state index contributed by atoms with van der Waals surface area (Å²) in [5, 5.41) is 11.6. The minimum absolute atomic E-state index is 0.272. The molecule has 0 spiro atoms. The number of nitrogens with zero attached hydrogens (tertiary/aromatic N) is 4. The van der Waals surface area contributed by atoms with Crippen LogP contribution in [0, 0.1) is 5.41 Å². The number of esters is 1. The second kappa shape index (κ2) is 13.0. The van der Waals surface area contributed by atoms with Gasteiger partial charge in [0.1, 0.15) is 11.3 Å². The molecule has 1 aromatic rings. The molecular formula is C33H48N8O4. The molecule has 3 aliphatic heterocycles. The highest BCUT2D eigenvalue weighted by molar-refractivity contribution is 5.97. The van der Waals surface area contributed by atoms with Crippen molar-refractivity contribution in [3.05, 3.63) is 58.7 Å². The van der Waals surface area contributed by atoms with Crippen LogP contribution in [0.3, 0.4) is 0 Å². The molecule has 1 amide bonds. The molecular weight excluding hydrogens is 572 g/mol. The first-order valence-corrected chi connectivity index (χ1v) is 15.9. The van der Waals surface area contributed by atoms with E-state index in [-0.39, 0.29) is 18.0 Å². The summed E-state index contributed by atoms with van der Waals surface area (Å²) in [6.45, 7) is 16.9. The molecule has 12 heteroatoms. The van der Waals surface area contributed by atoms with E-state index in [9.17, 15) is 9.59 Å². The molecule has 1 saturated heterocycles. The van der Waals surface area contributed by atoms with Crippen molar-refractivity contribution in [1.29, 1.82) is 0 Å². The van der Waals surface area contributed by atoms with Crippen LogP contribution in [0.5, 0.6) is 0 Å². The Bertz CT molecular complexity index is 1410. The van der Waals surface area contributed by atoms with Gasteiger partial charge in [0.2, 0.25) is 5.96 Å². The Kier molecular flexibility index (Phi) is 9.33. The summed E-state index contributed by atoms with van der Waals surface area (Å²) < 4.78 is 10.9. The van der Waals surface area contributed by atoms with Gasteiger partial charge in [0.15, 0.2) is 0 Å². The summed E-state index contributed by atoms with van der Waals surface area (Å²) in [5.74, 6) is 0.228. The fourth-order valence-corrected chi connectivity index (χ4v) is 6.04. The number of rotatable bonds is 8. The van der Waals surface area contributed by atoms with Gasteiger partial charge in [0, 0.05) is 62.4 Å². The predicted octanol–water partition coefficient (Wildman–Crippen LogP) is 3.89. The fourth-order valence-electron chi connectivity index (χ4n) is 6.04. The monoisotopic (exact) mass is 620 g/mol. The maximum Gasteiger partial charge on any atom is 0.407 e. The van der Waals surface area contributed by atoms with E-state index >= 15 is 0 Å². The molecule has 244 valence electrons. The molecule has 0 atom stereocenters. The number of nitrogens with one attached hydrogen (secondary N) is 4. The first-order valence-electron chi connectivity index (χ1n) is 15.9. The fraction of sp³-hybridized carbons (Fsp3) is 0.545. The summed E-state index contributed by atoms with van der Waals surface area (Å²) in [4.78, 5) is 35.0. The van der Waals surface area contributed by atoms with E-state index in [4.69, 9.17) is 14.5 Å².